The molecule has 1 aliphatic heterocycles. The maximum Gasteiger partial charge on any atom is 0.198 e. The van der Waals surface area contributed by atoms with Gasteiger partial charge in [-0.2, -0.15) is 0 Å². The summed E-state index contributed by atoms with van der Waals surface area (Å²) in [5, 5.41) is 6.65. The second-order valence-corrected chi connectivity index (χ2v) is 5.81. The van der Waals surface area contributed by atoms with E-state index in [1.165, 1.54) is 10.6 Å². The molecule has 0 atom stereocenters. The number of anilines is 2. The minimum absolute atomic E-state index is 0.668. The van der Waals surface area contributed by atoms with Crippen molar-refractivity contribution in [2.24, 2.45) is 0 Å². The monoisotopic (exact) mass is 324 g/mol. The standard InChI is InChI=1S/C12H13BrN4S/c1-17(10-3-2-6-18-10)11-8-7-14-5-4-9(8)15-12(13)16-11/h2-3,6,14H,4-5,7H2,1H3. The molecule has 94 valence electrons. The van der Waals surface area contributed by atoms with Crippen molar-refractivity contribution in [3.05, 3.63) is 33.5 Å². The Morgan fingerprint density at radius 2 is 2.33 bits per heavy atom. The summed E-state index contributed by atoms with van der Waals surface area (Å²) in [4.78, 5) is 11.1. The minimum atomic E-state index is 0.668. The zero-order valence-electron chi connectivity index (χ0n) is 9.98. The van der Waals surface area contributed by atoms with Crippen molar-refractivity contribution in [1.29, 1.82) is 0 Å². The molecule has 0 saturated heterocycles. The van der Waals surface area contributed by atoms with E-state index in [0.29, 0.717) is 4.73 Å². The maximum absolute atomic E-state index is 4.54. The summed E-state index contributed by atoms with van der Waals surface area (Å²) in [5.41, 5.74) is 2.36. The van der Waals surface area contributed by atoms with Gasteiger partial charge in [-0.1, -0.05) is 0 Å². The lowest BCUT2D eigenvalue weighted by Crippen LogP contribution is -2.27. The molecule has 0 spiro atoms. The van der Waals surface area contributed by atoms with E-state index in [4.69, 9.17) is 0 Å². The summed E-state index contributed by atoms with van der Waals surface area (Å²) < 4.78 is 0.668. The van der Waals surface area contributed by atoms with Crippen LogP contribution in [0, 0.1) is 0 Å². The molecule has 1 aliphatic rings. The fourth-order valence-corrected chi connectivity index (χ4v) is 3.22. The zero-order chi connectivity index (χ0) is 12.5. The number of nitrogens with zero attached hydrogens (tertiary/aromatic N) is 3. The van der Waals surface area contributed by atoms with Crippen molar-refractivity contribution < 1.29 is 0 Å². The first-order valence-electron chi connectivity index (χ1n) is 5.79. The largest absolute Gasteiger partial charge is 0.321 e. The highest BCUT2D eigenvalue weighted by atomic mass is 79.9. The third kappa shape index (κ3) is 2.15. The summed E-state index contributed by atoms with van der Waals surface area (Å²) >= 11 is 5.12. The Morgan fingerprint density at radius 1 is 1.44 bits per heavy atom. The van der Waals surface area contributed by atoms with Gasteiger partial charge in [0.2, 0.25) is 0 Å². The molecule has 0 bridgehead atoms. The summed E-state index contributed by atoms with van der Waals surface area (Å²) in [5.74, 6) is 0.988. The highest BCUT2D eigenvalue weighted by molar-refractivity contribution is 9.10. The molecule has 18 heavy (non-hydrogen) atoms. The van der Waals surface area contributed by atoms with Crippen LogP contribution in [0.1, 0.15) is 11.3 Å². The molecular weight excluding hydrogens is 312 g/mol. The molecule has 6 heteroatoms. The summed E-state index contributed by atoms with van der Waals surface area (Å²) in [6.45, 7) is 1.83. The molecule has 1 N–H and O–H groups in total. The van der Waals surface area contributed by atoms with Gasteiger partial charge < -0.3 is 10.2 Å². The van der Waals surface area contributed by atoms with Crippen molar-refractivity contribution in [3.8, 4) is 0 Å². The number of fused-ring (bicyclic) bond motifs is 1. The van der Waals surface area contributed by atoms with Crippen LogP contribution >= 0.6 is 27.3 Å². The molecule has 0 aromatic carbocycles. The molecule has 0 unspecified atom stereocenters. The average Bonchev–Trinajstić information content (AvgIpc) is 2.90. The SMILES string of the molecule is CN(c1cccs1)c1nc(Br)nc2c1CNCC2. The molecule has 2 aromatic rings. The molecular formula is C12H13BrN4S. The lowest BCUT2D eigenvalue weighted by molar-refractivity contribution is 0.623. The van der Waals surface area contributed by atoms with Gasteiger partial charge >= 0.3 is 0 Å². The predicted molar refractivity (Wildman–Crippen MR) is 77.5 cm³/mol. The topological polar surface area (TPSA) is 41.1 Å². The molecule has 3 heterocycles. The van der Waals surface area contributed by atoms with E-state index < -0.39 is 0 Å². The summed E-state index contributed by atoms with van der Waals surface area (Å²) in [7, 11) is 2.05. The van der Waals surface area contributed by atoms with E-state index >= 15 is 0 Å². The van der Waals surface area contributed by atoms with E-state index in [1.807, 2.05) is 0 Å². The van der Waals surface area contributed by atoms with Gasteiger partial charge in [0.05, 0.1) is 10.7 Å². The van der Waals surface area contributed by atoms with E-state index in [1.54, 1.807) is 11.3 Å². The predicted octanol–water partition coefficient (Wildman–Crippen LogP) is 2.71. The lowest BCUT2D eigenvalue weighted by atomic mass is 10.1. The van der Waals surface area contributed by atoms with Crippen LogP contribution in [0.4, 0.5) is 10.8 Å². The van der Waals surface area contributed by atoms with Crippen LogP contribution in [-0.2, 0) is 13.0 Å². The minimum Gasteiger partial charge on any atom is -0.321 e. The average molecular weight is 325 g/mol. The second-order valence-electron chi connectivity index (χ2n) is 4.18. The Bertz CT molecular complexity index is 555. The van der Waals surface area contributed by atoms with Gasteiger partial charge in [-0.25, -0.2) is 9.97 Å². The Hall–Kier alpha value is -0.980. The van der Waals surface area contributed by atoms with Gasteiger partial charge in [-0.3, -0.25) is 0 Å². The molecule has 0 fully saturated rings. The van der Waals surface area contributed by atoms with E-state index in [2.05, 4.69) is 60.7 Å². The van der Waals surface area contributed by atoms with Gasteiger partial charge in [0.1, 0.15) is 5.82 Å². The molecule has 2 aromatic heterocycles. The molecule has 4 nitrogen and oxygen atoms in total. The first-order valence-corrected chi connectivity index (χ1v) is 7.46. The van der Waals surface area contributed by atoms with Gasteiger partial charge in [0.15, 0.2) is 4.73 Å². The molecule has 0 aliphatic carbocycles. The van der Waals surface area contributed by atoms with Crippen LogP contribution in [0.3, 0.4) is 0 Å². The third-order valence-corrected chi connectivity index (χ3v) is 4.34. The van der Waals surface area contributed by atoms with Crippen molar-refractivity contribution in [3.63, 3.8) is 0 Å². The summed E-state index contributed by atoms with van der Waals surface area (Å²) in [6.07, 6.45) is 0.960. The fraction of sp³-hybridized carbons (Fsp3) is 0.333. The third-order valence-electron chi connectivity index (χ3n) is 3.04. The highest BCUT2D eigenvalue weighted by Gasteiger charge is 2.20. The van der Waals surface area contributed by atoms with Crippen LogP contribution in [-0.4, -0.2) is 23.6 Å². The van der Waals surface area contributed by atoms with Gasteiger partial charge in [0.25, 0.3) is 0 Å². The van der Waals surface area contributed by atoms with Crippen LogP contribution in [0.25, 0.3) is 0 Å². The lowest BCUT2D eigenvalue weighted by Gasteiger charge is -2.24. The second kappa shape index (κ2) is 4.95. The van der Waals surface area contributed by atoms with Crippen LogP contribution in [0.15, 0.2) is 22.2 Å². The van der Waals surface area contributed by atoms with Crippen LogP contribution < -0.4 is 10.2 Å². The van der Waals surface area contributed by atoms with Crippen LogP contribution in [0.5, 0.6) is 0 Å². The Morgan fingerprint density at radius 3 is 3.11 bits per heavy atom. The number of hydrogen-bond acceptors (Lipinski definition) is 5. The Kier molecular flexibility index (Phi) is 3.32. The van der Waals surface area contributed by atoms with Gasteiger partial charge in [-0.15, -0.1) is 11.3 Å². The first kappa shape index (κ1) is 12.1. The van der Waals surface area contributed by atoms with Crippen molar-refractivity contribution in [2.45, 2.75) is 13.0 Å². The van der Waals surface area contributed by atoms with E-state index in [-0.39, 0.29) is 0 Å². The molecule has 0 amide bonds. The highest BCUT2D eigenvalue weighted by Crippen LogP contribution is 2.31. The normalized spacial score (nSPS) is 14.3. The number of halogens is 1. The molecule has 0 saturated carbocycles. The molecule has 3 rings (SSSR count). The zero-order valence-corrected chi connectivity index (χ0v) is 12.4. The Balaban J connectivity index is 2.08. The maximum atomic E-state index is 4.54. The number of hydrogen-bond donors (Lipinski definition) is 1. The number of rotatable bonds is 2. The number of thiophene rings is 1. The number of nitrogens with one attached hydrogen (secondary N) is 1. The quantitative estimate of drug-likeness (QED) is 0.862. The van der Waals surface area contributed by atoms with E-state index in [0.717, 1.165) is 31.0 Å². The van der Waals surface area contributed by atoms with Crippen molar-refractivity contribution in [1.82, 2.24) is 15.3 Å². The summed E-state index contributed by atoms with van der Waals surface area (Å²) in [6, 6.07) is 4.15. The van der Waals surface area contributed by atoms with Gasteiger partial charge in [0, 0.05) is 32.1 Å². The van der Waals surface area contributed by atoms with Crippen molar-refractivity contribution in [2.75, 3.05) is 18.5 Å². The van der Waals surface area contributed by atoms with Crippen molar-refractivity contribution >= 4 is 38.1 Å². The molecule has 0 radical (unpaired) electrons. The fourth-order valence-electron chi connectivity index (χ4n) is 2.14. The Labute approximate surface area is 118 Å². The number of aromatic nitrogens is 2. The van der Waals surface area contributed by atoms with Crippen LogP contribution in [0.2, 0.25) is 0 Å². The smallest absolute Gasteiger partial charge is 0.198 e. The van der Waals surface area contributed by atoms with Gasteiger partial charge in [-0.05, 0) is 33.4 Å². The first-order chi connectivity index (χ1) is 8.75. The van der Waals surface area contributed by atoms with E-state index in [9.17, 15) is 0 Å².